The largest absolute Gasteiger partial charge is 0.497 e. The molecule has 8 nitrogen and oxygen atoms in total. The van der Waals surface area contributed by atoms with Gasteiger partial charge in [-0.15, -0.1) is 0 Å². The van der Waals surface area contributed by atoms with Gasteiger partial charge in [-0.2, -0.15) is 0 Å². The molecule has 1 N–H and O–H groups in total. The number of carbonyl (C=O) groups is 2. The number of aryl methyl sites for hydroxylation is 2. The van der Waals surface area contributed by atoms with Crippen LogP contribution in [0.5, 0.6) is 5.75 Å². The van der Waals surface area contributed by atoms with E-state index in [-0.39, 0.29) is 23.3 Å². The average molecular weight is 580 g/mol. The number of hydrogen-bond acceptors (Lipinski definition) is 5. The highest BCUT2D eigenvalue weighted by Crippen LogP contribution is 2.27. The lowest BCUT2D eigenvalue weighted by Gasteiger charge is -2.33. The number of amides is 2. The smallest absolute Gasteiger partial charge is 0.264 e. The zero-order chi connectivity index (χ0) is 30.2. The van der Waals surface area contributed by atoms with Crippen LogP contribution in [0.3, 0.4) is 0 Å². The second-order valence-electron chi connectivity index (χ2n) is 10.5. The summed E-state index contributed by atoms with van der Waals surface area (Å²) in [7, 11) is -2.60. The van der Waals surface area contributed by atoms with Crippen LogP contribution < -0.4 is 14.4 Å². The fraction of sp³-hybridized carbons (Fsp3) is 0.375. The van der Waals surface area contributed by atoms with E-state index in [9.17, 15) is 18.0 Å². The Morgan fingerprint density at radius 3 is 2.12 bits per heavy atom. The minimum absolute atomic E-state index is 0.0684. The third kappa shape index (κ3) is 8.10. The summed E-state index contributed by atoms with van der Waals surface area (Å²) >= 11 is 0. The number of ether oxygens (including phenoxy) is 1. The van der Waals surface area contributed by atoms with E-state index in [0.717, 1.165) is 21.0 Å². The molecule has 3 rings (SSSR count). The van der Waals surface area contributed by atoms with Crippen LogP contribution >= 0.6 is 0 Å². The van der Waals surface area contributed by atoms with Gasteiger partial charge in [0.25, 0.3) is 10.0 Å². The highest BCUT2D eigenvalue weighted by molar-refractivity contribution is 7.92. The lowest BCUT2D eigenvalue weighted by molar-refractivity contribution is -0.140. The van der Waals surface area contributed by atoms with E-state index in [1.807, 2.05) is 58.9 Å². The molecule has 9 heteroatoms. The molecule has 0 spiro atoms. The van der Waals surface area contributed by atoms with Crippen LogP contribution in [-0.4, -0.2) is 51.4 Å². The molecule has 41 heavy (non-hydrogen) atoms. The molecule has 0 bridgehead atoms. The molecule has 0 saturated heterocycles. The SMILES string of the molecule is CCC(C(=O)NCC(C)C)N(Cc1ccccc1C)C(=O)CN(c1ccc(OC)cc1)S(=O)(=O)c1ccc(C)cc1. The van der Waals surface area contributed by atoms with Crippen LogP contribution in [0, 0.1) is 19.8 Å². The number of sulfonamides is 1. The second kappa shape index (κ2) is 14.2. The van der Waals surface area contributed by atoms with E-state index in [2.05, 4.69) is 5.32 Å². The standard InChI is InChI=1S/C32H41N3O5S/c1-7-30(32(37)33-20-23(2)3)34(21-26-11-9-8-10-25(26)5)31(36)22-35(27-14-16-28(40-6)17-15-27)41(38,39)29-18-12-24(4)13-19-29/h8-19,23,30H,7,20-22H2,1-6H3,(H,33,37). The summed E-state index contributed by atoms with van der Waals surface area (Å²) in [5, 5.41) is 2.95. The lowest BCUT2D eigenvalue weighted by atomic mass is 10.1. The van der Waals surface area contributed by atoms with Gasteiger partial charge in [-0.05, 0) is 73.7 Å². The lowest BCUT2D eigenvalue weighted by Crippen LogP contribution is -2.52. The Kier molecular flexibility index (Phi) is 10.9. The number of methoxy groups -OCH3 is 1. The van der Waals surface area contributed by atoms with Crippen LogP contribution in [-0.2, 0) is 26.2 Å². The van der Waals surface area contributed by atoms with E-state index in [4.69, 9.17) is 4.74 Å². The molecule has 0 radical (unpaired) electrons. The highest BCUT2D eigenvalue weighted by atomic mass is 32.2. The molecule has 0 aliphatic carbocycles. The highest BCUT2D eigenvalue weighted by Gasteiger charge is 2.34. The third-order valence-electron chi connectivity index (χ3n) is 6.92. The Morgan fingerprint density at radius 1 is 0.927 bits per heavy atom. The Bertz CT molecular complexity index is 1420. The maximum atomic E-state index is 14.2. The number of hydrogen-bond donors (Lipinski definition) is 1. The summed E-state index contributed by atoms with van der Waals surface area (Å²) in [6.07, 6.45) is 0.370. The van der Waals surface area contributed by atoms with Crippen LogP contribution in [0.25, 0.3) is 0 Å². The van der Waals surface area contributed by atoms with Gasteiger partial charge in [0, 0.05) is 13.1 Å². The summed E-state index contributed by atoms with van der Waals surface area (Å²) in [6.45, 7) is 9.83. The third-order valence-corrected chi connectivity index (χ3v) is 8.71. The average Bonchev–Trinajstić information content (AvgIpc) is 2.95. The van der Waals surface area contributed by atoms with Gasteiger partial charge in [0.15, 0.2) is 0 Å². The summed E-state index contributed by atoms with van der Waals surface area (Å²) in [5.41, 5.74) is 3.09. The molecule has 0 aliphatic heterocycles. The van der Waals surface area contributed by atoms with E-state index in [1.165, 1.54) is 24.1 Å². The van der Waals surface area contributed by atoms with Crippen molar-refractivity contribution in [3.63, 3.8) is 0 Å². The minimum atomic E-state index is -4.13. The molecular weight excluding hydrogens is 538 g/mol. The monoisotopic (exact) mass is 579 g/mol. The quantitative estimate of drug-likeness (QED) is 0.305. The molecule has 0 saturated carbocycles. The fourth-order valence-corrected chi connectivity index (χ4v) is 5.84. The molecule has 2 amide bonds. The normalized spacial score (nSPS) is 12.1. The van der Waals surface area contributed by atoms with Gasteiger partial charge in [-0.3, -0.25) is 13.9 Å². The summed E-state index contributed by atoms with van der Waals surface area (Å²) in [6, 6.07) is 19.9. The van der Waals surface area contributed by atoms with Crippen molar-refractivity contribution in [2.45, 2.75) is 58.5 Å². The topological polar surface area (TPSA) is 96.0 Å². The van der Waals surface area contributed by atoms with Crippen molar-refractivity contribution in [2.75, 3.05) is 24.5 Å². The Hall–Kier alpha value is -3.85. The van der Waals surface area contributed by atoms with Gasteiger partial charge in [0.05, 0.1) is 17.7 Å². The van der Waals surface area contributed by atoms with Gasteiger partial charge in [-0.1, -0.05) is 62.7 Å². The molecule has 0 fully saturated rings. The zero-order valence-electron chi connectivity index (χ0n) is 24.8. The molecule has 0 heterocycles. The van der Waals surface area contributed by atoms with Gasteiger partial charge in [0.2, 0.25) is 11.8 Å². The summed E-state index contributed by atoms with van der Waals surface area (Å²) in [4.78, 5) is 29.0. The van der Waals surface area contributed by atoms with Gasteiger partial charge in [-0.25, -0.2) is 8.42 Å². The first-order chi connectivity index (χ1) is 19.5. The number of carbonyl (C=O) groups excluding carboxylic acids is 2. The summed E-state index contributed by atoms with van der Waals surface area (Å²) in [5.74, 6) is 0.0517. The second-order valence-corrected chi connectivity index (χ2v) is 12.4. The Labute approximate surface area is 244 Å². The van der Waals surface area contributed by atoms with Crippen molar-refractivity contribution in [3.05, 3.63) is 89.5 Å². The molecule has 1 unspecified atom stereocenters. The van der Waals surface area contributed by atoms with Crippen molar-refractivity contribution in [1.82, 2.24) is 10.2 Å². The fourth-order valence-electron chi connectivity index (χ4n) is 4.43. The van der Waals surface area contributed by atoms with Crippen molar-refractivity contribution in [1.29, 1.82) is 0 Å². The number of rotatable bonds is 13. The summed E-state index contributed by atoms with van der Waals surface area (Å²) < 4.78 is 34.3. The molecule has 1 atom stereocenters. The van der Waals surface area contributed by atoms with Crippen molar-refractivity contribution in [2.24, 2.45) is 5.92 Å². The van der Waals surface area contributed by atoms with Crippen LogP contribution in [0.1, 0.15) is 43.9 Å². The van der Waals surface area contributed by atoms with E-state index in [1.54, 1.807) is 36.4 Å². The predicted octanol–water partition coefficient (Wildman–Crippen LogP) is 5.09. The first-order valence-electron chi connectivity index (χ1n) is 13.8. The Balaban J connectivity index is 2.06. The Morgan fingerprint density at radius 2 is 1.56 bits per heavy atom. The van der Waals surface area contributed by atoms with Gasteiger partial charge < -0.3 is 15.0 Å². The molecule has 3 aromatic rings. The maximum absolute atomic E-state index is 14.2. The molecule has 3 aromatic carbocycles. The van der Waals surface area contributed by atoms with E-state index < -0.39 is 28.5 Å². The van der Waals surface area contributed by atoms with E-state index in [0.29, 0.717) is 24.4 Å². The molecule has 0 aliphatic rings. The van der Waals surface area contributed by atoms with Gasteiger partial charge >= 0.3 is 0 Å². The van der Waals surface area contributed by atoms with Crippen molar-refractivity contribution >= 4 is 27.5 Å². The zero-order valence-corrected chi connectivity index (χ0v) is 25.6. The number of anilines is 1. The van der Waals surface area contributed by atoms with Crippen molar-refractivity contribution in [3.8, 4) is 5.75 Å². The van der Waals surface area contributed by atoms with E-state index >= 15 is 0 Å². The first-order valence-corrected chi connectivity index (χ1v) is 15.3. The number of nitrogens with zero attached hydrogens (tertiary/aromatic N) is 2. The minimum Gasteiger partial charge on any atom is -0.497 e. The predicted molar refractivity (Wildman–Crippen MR) is 162 cm³/mol. The van der Waals surface area contributed by atoms with Crippen molar-refractivity contribution < 1.29 is 22.7 Å². The van der Waals surface area contributed by atoms with Crippen LogP contribution in [0.2, 0.25) is 0 Å². The van der Waals surface area contributed by atoms with Gasteiger partial charge in [0.1, 0.15) is 18.3 Å². The molecule has 0 aromatic heterocycles. The first kappa shape index (κ1) is 31.7. The number of benzene rings is 3. The van der Waals surface area contributed by atoms with Crippen LogP contribution in [0.4, 0.5) is 5.69 Å². The maximum Gasteiger partial charge on any atom is 0.264 e. The molecule has 220 valence electrons. The van der Waals surface area contributed by atoms with Crippen LogP contribution in [0.15, 0.2) is 77.7 Å². The number of nitrogens with one attached hydrogen (secondary N) is 1. The molecular formula is C32H41N3O5S.